The van der Waals surface area contributed by atoms with E-state index in [0.29, 0.717) is 16.9 Å². The highest BCUT2D eigenvalue weighted by atomic mass is 16.2. The third-order valence-corrected chi connectivity index (χ3v) is 4.72. The molecule has 1 N–H and O–H groups in total. The second kappa shape index (κ2) is 7.12. The van der Waals surface area contributed by atoms with Gasteiger partial charge in [-0.3, -0.25) is 14.0 Å². The third kappa shape index (κ3) is 3.18. The summed E-state index contributed by atoms with van der Waals surface area (Å²) >= 11 is 0. The zero-order valence-corrected chi connectivity index (χ0v) is 15.6. The number of pyridine rings is 1. The molecule has 0 atom stereocenters. The number of nitrogens with zero attached hydrogens (tertiary/aromatic N) is 2. The van der Waals surface area contributed by atoms with E-state index in [4.69, 9.17) is 0 Å². The Balaban J connectivity index is 1.65. The number of hydrogen-bond donors (Lipinski definition) is 1. The molecule has 0 saturated carbocycles. The van der Waals surface area contributed by atoms with E-state index >= 15 is 0 Å². The number of amides is 1. The average Bonchev–Trinajstić information content (AvgIpc) is 2.71. The van der Waals surface area contributed by atoms with Crippen LogP contribution in [0, 0.1) is 13.8 Å². The van der Waals surface area contributed by atoms with Gasteiger partial charge in [0, 0.05) is 11.3 Å². The summed E-state index contributed by atoms with van der Waals surface area (Å²) in [6, 6.07) is 22.7. The molecule has 2 aromatic carbocycles. The normalized spacial score (nSPS) is 10.8. The molecule has 2 aromatic heterocycles. The maximum Gasteiger partial charge on any atom is 0.282 e. The van der Waals surface area contributed by atoms with Crippen molar-refractivity contribution in [1.82, 2.24) is 9.38 Å². The van der Waals surface area contributed by atoms with Gasteiger partial charge in [-0.05, 0) is 49.2 Å². The van der Waals surface area contributed by atoms with Gasteiger partial charge in [0.05, 0.1) is 5.69 Å². The van der Waals surface area contributed by atoms with Crippen molar-refractivity contribution in [1.29, 1.82) is 0 Å². The zero-order chi connectivity index (χ0) is 19.7. The van der Waals surface area contributed by atoms with Crippen LogP contribution in [0.25, 0.3) is 16.8 Å². The first-order valence-electron chi connectivity index (χ1n) is 9.00. The van der Waals surface area contributed by atoms with Crippen LogP contribution in [-0.2, 0) is 0 Å². The van der Waals surface area contributed by atoms with Crippen molar-refractivity contribution >= 4 is 17.2 Å². The van der Waals surface area contributed by atoms with Crippen molar-refractivity contribution < 1.29 is 4.79 Å². The molecule has 4 rings (SSSR count). The summed E-state index contributed by atoms with van der Waals surface area (Å²) in [5.74, 6) is -0.338. The quantitative estimate of drug-likeness (QED) is 0.588. The van der Waals surface area contributed by atoms with Gasteiger partial charge in [0.15, 0.2) is 0 Å². The number of nitrogens with one attached hydrogen (secondary N) is 1. The monoisotopic (exact) mass is 369 g/mol. The zero-order valence-electron chi connectivity index (χ0n) is 15.6. The van der Waals surface area contributed by atoms with Crippen LogP contribution in [0.4, 0.5) is 5.69 Å². The van der Waals surface area contributed by atoms with Crippen LogP contribution < -0.4 is 10.9 Å². The van der Waals surface area contributed by atoms with Crippen LogP contribution in [0.2, 0.25) is 0 Å². The number of aryl methyl sites for hydroxylation is 2. The molecule has 4 aromatic rings. The molecule has 0 spiro atoms. The molecule has 0 saturated heterocycles. The second-order valence-corrected chi connectivity index (χ2v) is 6.64. The van der Waals surface area contributed by atoms with E-state index in [0.717, 1.165) is 16.8 Å². The van der Waals surface area contributed by atoms with Crippen molar-refractivity contribution in [2.24, 2.45) is 0 Å². The summed E-state index contributed by atoms with van der Waals surface area (Å²) in [5.41, 5.74) is 4.32. The van der Waals surface area contributed by atoms with Crippen LogP contribution in [0.15, 0.2) is 77.6 Å². The lowest BCUT2D eigenvalue weighted by atomic mass is 10.0. The average molecular weight is 369 g/mol. The number of hydrogen-bond acceptors (Lipinski definition) is 3. The predicted molar refractivity (Wildman–Crippen MR) is 111 cm³/mol. The molecule has 28 heavy (non-hydrogen) atoms. The fraction of sp³-hybridized carbons (Fsp3) is 0.0870. The van der Waals surface area contributed by atoms with Crippen LogP contribution in [0.5, 0.6) is 0 Å². The van der Waals surface area contributed by atoms with Crippen LogP contribution in [-0.4, -0.2) is 15.3 Å². The molecule has 1 amide bonds. The first kappa shape index (κ1) is 17.7. The molecule has 0 aliphatic carbocycles. The van der Waals surface area contributed by atoms with Crippen molar-refractivity contribution in [2.45, 2.75) is 13.8 Å². The fourth-order valence-electron chi connectivity index (χ4n) is 3.22. The number of aromatic nitrogens is 2. The Labute approximate surface area is 162 Å². The first-order valence-corrected chi connectivity index (χ1v) is 9.00. The van der Waals surface area contributed by atoms with Gasteiger partial charge in [-0.15, -0.1) is 0 Å². The summed E-state index contributed by atoms with van der Waals surface area (Å²) in [6.45, 7) is 3.55. The van der Waals surface area contributed by atoms with E-state index in [2.05, 4.69) is 10.3 Å². The smallest absolute Gasteiger partial charge is 0.282 e. The molecule has 0 aliphatic rings. The molecule has 138 valence electrons. The number of carbonyl (C=O) groups excluding carboxylic acids is 1. The van der Waals surface area contributed by atoms with Gasteiger partial charge in [-0.25, -0.2) is 4.98 Å². The molecule has 0 bridgehead atoms. The van der Waals surface area contributed by atoms with Crippen molar-refractivity contribution in [3.63, 3.8) is 0 Å². The lowest BCUT2D eigenvalue weighted by Gasteiger charge is -2.11. The standard InChI is InChI=1S/C23H19N3O2/c1-15-7-6-10-20-24-16(2)21(23(28)26(15)20)25-22(27)19-13-11-18(12-14-19)17-8-4-3-5-9-17/h3-14H,1-2H3,(H,25,27). The molecule has 2 heterocycles. The predicted octanol–water partition coefficient (Wildman–Crippen LogP) is 4.23. The lowest BCUT2D eigenvalue weighted by molar-refractivity contribution is 0.102. The van der Waals surface area contributed by atoms with Crippen molar-refractivity contribution in [3.05, 3.63) is 100 Å². The molecule has 5 heteroatoms. The lowest BCUT2D eigenvalue weighted by Crippen LogP contribution is -2.26. The Morgan fingerprint density at radius 2 is 1.54 bits per heavy atom. The first-order chi connectivity index (χ1) is 13.5. The van der Waals surface area contributed by atoms with Gasteiger partial charge in [0.25, 0.3) is 11.5 Å². The van der Waals surface area contributed by atoms with E-state index < -0.39 is 0 Å². The molecule has 0 radical (unpaired) electrons. The summed E-state index contributed by atoms with van der Waals surface area (Å²) in [4.78, 5) is 30.0. The van der Waals surface area contributed by atoms with E-state index in [9.17, 15) is 9.59 Å². The second-order valence-electron chi connectivity index (χ2n) is 6.64. The summed E-state index contributed by atoms with van der Waals surface area (Å²) in [7, 11) is 0. The third-order valence-electron chi connectivity index (χ3n) is 4.72. The SMILES string of the molecule is Cc1nc2cccc(C)n2c(=O)c1NC(=O)c1ccc(-c2ccccc2)cc1. The van der Waals surface area contributed by atoms with Crippen LogP contribution >= 0.6 is 0 Å². The number of carbonyl (C=O) groups is 1. The number of anilines is 1. The van der Waals surface area contributed by atoms with Gasteiger partial charge in [-0.1, -0.05) is 48.5 Å². The number of rotatable bonds is 3. The highest BCUT2D eigenvalue weighted by Crippen LogP contribution is 2.20. The molecule has 0 fully saturated rings. The summed E-state index contributed by atoms with van der Waals surface area (Å²) in [6.07, 6.45) is 0. The molecular weight excluding hydrogens is 350 g/mol. The number of benzene rings is 2. The Bertz CT molecular complexity index is 1230. The Kier molecular flexibility index (Phi) is 4.49. The largest absolute Gasteiger partial charge is 0.316 e. The topological polar surface area (TPSA) is 63.5 Å². The molecular formula is C23H19N3O2. The minimum Gasteiger partial charge on any atom is -0.316 e. The molecule has 5 nitrogen and oxygen atoms in total. The van der Waals surface area contributed by atoms with E-state index in [1.807, 2.05) is 61.5 Å². The van der Waals surface area contributed by atoms with Gasteiger partial charge in [0.1, 0.15) is 11.3 Å². The molecule has 0 unspecified atom stereocenters. The van der Waals surface area contributed by atoms with Gasteiger partial charge in [-0.2, -0.15) is 0 Å². The number of fused-ring (bicyclic) bond motifs is 1. The van der Waals surface area contributed by atoms with E-state index in [1.54, 1.807) is 25.1 Å². The summed E-state index contributed by atoms with van der Waals surface area (Å²) in [5, 5.41) is 2.74. The Hall–Kier alpha value is -3.73. The fourth-order valence-corrected chi connectivity index (χ4v) is 3.22. The van der Waals surface area contributed by atoms with Gasteiger partial charge >= 0.3 is 0 Å². The van der Waals surface area contributed by atoms with Crippen LogP contribution in [0.1, 0.15) is 21.7 Å². The Morgan fingerprint density at radius 1 is 0.857 bits per heavy atom. The maximum atomic E-state index is 12.9. The minimum absolute atomic E-state index is 0.198. The Morgan fingerprint density at radius 3 is 2.25 bits per heavy atom. The summed E-state index contributed by atoms with van der Waals surface area (Å²) < 4.78 is 1.50. The van der Waals surface area contributed by atoms with Gasteiger partial charge in [0.2, 0.25) is 0 Å². The highest BCUT2D eigenvalue weighted by Gasteiger charge is 2.15. The maximum absolute atomic E-state index is 12.9. The highest BCUT2D eigenvalue weighted by molar-refractivity contribution is 6.04. The van der Waals surface area contributed by atoms with Crippen LogP contribution in [0.3, 0.4) is 0 Å². The minimum atomic E-state index is -0.338. The van der Waals surface area contributed by atoms with Gasteiger partial charge < -0.3 is 5.32 Å². The van der Waals surface area contributed by atoms with Crippen molar-refractivity contribution in [3.8, 4) is 11.1 Å². The van der Waals surface area contributed by atoms with E-state index in [-0.39, 0.29) is 17.2 Å². The molecule has 0 aliphatic heterocycles. The van der Waals surface area contributed by atoms with E-state index in [1.165, 1.54) is 4.40 Å². The van der Waals surface area contributed by atoms with Crippen molar-refractivity contribution in [2.75, 3.05) is 5.32 Å².